The molecule has 1 aliphatic heterocycles. The molecule has 2 heterocycles. The lowest BCUT2D eigenvalue weighted by atomic mass is 9.96. The molecule has 1 fully saturated rings. The number of piperidine rings is 1. The van der Waals surface area contributed by atoms with Crippen LogP contribution < -0.4 is 0 Å². The van der Waals surface area contributed by atoms with Crippen molar-refractivity contribution in [1.29, 1.82) is 0 Å². The van der Waals surface area contributed by atoms with Gasteiger partial charge in [-0.2, -0.15) is 4.98 Å². The summed E-state index contributed by atoms with van der Waals surface area (Å²) in [6, 6.07) is 7.23. The molecule has 0 spiro atoms. The summed E-state index contributed by atoms with van der Waals surface area (Å²) < 4.78 is 45.7. The Morgan fingerprint density at radius 3 is 2.66 bits per heavy atom. The van der Waals surface area contributed by atoms with Crippen LogP contribution in [0.2, 0.25) is 0 Å². The fourth-order valence-electron chi connectivity index (χ4n) is 3.58. The van der Waals surface area contributed by atoms with Gasteiger partial charge in [0.2, 0.25) is 11.7 Å². The number of hydrogen-bond acceptors (Lipinski definition) is 4. The van der Waals surface area contributed by atoms with E-state index in [1.165, 1.54) is 24.3 Å². The molecule has 0 saturated carbocycles. The number of carbonyl (C=O) groups excluding carboxylic acids is 1. The molecule has 3 aromatic rings. The van der Waals surface area contributed by atoms with Gasteiger partial charge in [0.1, 0.15) is 17.5 Å². The Bertz CT molecular complexity index is 1070. The zero-order chi connectivity index (χ0) is 20.5. The Morgan fingerprint density at radius 2 is 1.90 bits per heavy atom. The van der Waals surface area contributed by atoms with E-state index in [1.807, 2.05) is 0 Å². The minimum Gasteiger partial charge on any atom is -0.339 e. The van der Waals surface area contributed by atoms with Crippen molar-refractivity contribution < 1.29 is 22.5 Å². The number of aromatic nitrogens is 2. The van der Waals surface area contributed by atoms with Crippen molar-refractivity contribution in [2.45, 2.75) is 25.7 Å². The van der Waals surface area contributed by atoms with Gasteiger partial charge < -0.3 is 9.42 Å². The number of carbonyl (C=O) groups is 1. The van der Waals surface area contributed by atoms with Crippen LogP contribution in [0.5, 0.6) is 0 Å². The summed E-state index contributed by atoms with van der Waals surface area (Å²) >= 11 is 0. The van der Waals surface area contributed by atoms with E-state index in [0.29, 0.717) is 30.1 Å². The Labute approximate surface area is 165 Å². The molecule has 0 radical (unpaired) electrons. The van der Waals surface area contributed by atoms with Crippen molar-refractivity contribution in [1.82, 2.24) is 15.0 Å². The molecule has 1 aromatic heterocycles. The molecule has 0 aliphatic carbocycles. The van der Waals surface area contributed by atoms with Gasteiger partial charge in [-0.3, -0.25) is 4.79 Å². The van der Waals surface area contributed by atoms with Crippen LogP contribution in [0, 0.1) is 24.4 Å². The Morgan fingerprint density at radius 1 is 1.14 bits per heavy atom. The minimum absolute atomic E-state index is 0.0373. The maximum absolute atomic E-state index is 14.0. The number of likely N-dealkylation sites (tertiary alicyclic amines) is 1. The maximum atomic E-state index is 14.0. The highest BCUT2D eigenvalue weighted by atomic mass is 19.1. The number of aryl methyl sites for hydroxylation is 1. The number of halogens is 3. The van der Waals surface area contributed by atoms with Crippen molar-refractivity contribution in [3.05, 3.63) is 70.9 Å². The van der Waals surface area contributed by atoms with Crippen LogP contribution in [-0.2, 0) is 0 Å². The first-order valence-electron chi connectivity index (χ1n) is 9.27. The Kier molecular flexibility index (Phi) is 5.08. The van der Waals surface area contributed by atoms with Gasteiger partial charge in [0.25, 0.3) is 5.91 Å². The van der Waals surface area contributed by atoms with Crippen molar-refractivity contribution in [2.75, 3.05) is 13.1 Å². The summed E-state index contributed by atoms with van der Waals surface area (Å²) in [5, 5.41) is 3.81. The van der Waals surface area contributed by atoms with E-state index in [9.17, 15) is 18.0 Å². The Balaban J connectivity index is 1.53. The number of nitrogens with zero attached hydrogens (tertiary/aromatic N) is 3. The predicted molar refractivity (Wildman–Crippen MR) is 98.7 cm³/mol. The van der Waals surface area contributed by atoms with E-state index in [1.54, 1.807) is 11.8 Å². The molecule has 1 aliphatic rings. The normalized spacial score (nSPS) is 16.8. The van der Waals surface area contributed by atoms with E-state index in [-0.39, 0.29) is 29.0 Å². The van der Waals surface area contributed by atoms with E-state index in [4.69, 9.17) is 4.52 Å². The van der Waals surface area contributed by atoms with Crippen molar-refractivity contribution in [3.63, 3.8) is 0 Å². The number of amides is 1. The average molecular weight is 401 g/mol. The molecule has 1 atom stereocenters. The summed E-state index contributed by atoms with van der Waals surface area (Å²) in [4.78, 5) is 18.8. The molecule has 2 aromatic carbocycles. The average Bonchev–Trinajstić information content (AvgIpc) is 3.17. The van der Waals surface area contributed by atoms with Gasteiger partial charge in [-0.25, -0.2) is 13.2 Å². The lowest BCUT2D eigenvalue weighted by molar-refractivity contribution is 0.0695. The first-order chi connectivity index (χ1) is 13.9. The van der Waals surface area contributed by atoms with Crippen LogP contribution in [-0.4, -0.2) is 34.0 Å². The van der Waals surface area contributed by atoms with Crippen molar-refractivity contribution in [3.8, 4) is 11.4 Å². The van der Waals surface area contributed by atoms with Crippen molar-refractivity contribution in [2.24, 2.45) is 0 Å². The highest BCUT2D eigenvalue weighted by Crippen LogP contribution is 2.29. The lowest BCUT2D eigenvalue weighted by Gasteiger charge is -2.31. The van der Waals surface area contributed by atoms with E-state index in [0.717, 1.165) is 25.0 Å². The molecule has 1 saturated heterocycles. The predicted octanol–water partition coefficient (Wildman–Crippen LogP) is 4.48. The maximum Gasteiger partial charge on any atom is 0.254 e. The monoisotopic (exact) mass is 401 g/mol. The minimum atomic E-state index is -0.774. The molecule has 0 unspecified atom stereocenters. The van der Waals surface area contributed by atoms with Gasteiger partial charge in [-0.15, -0.1) is 0 Å². The highest BCUT2D eigenvalue weighted by Gasteiger charge is 2.30. The quantitative estimate of drug-likeness (QED) is 0.649. The third-order valence-corrected chi connectivity index (χ3v) is 5.09. The second-order valence-corrected chi connectivity index (χ2v) is 7.13. The highest BCUT2D eigenvalue weighted by molar-refractivity contribution is 5.95. The number of hydrogen-bond donors (Lipinski definition) is 0. The molecule has 1 amide bonds. The van der Waals surface area contributed by atoms with Crippen LogP contribution in [0.4, 0.5) is 13.2 Å². The van der Waals surface area contributed by atoms with Crippen LogP contribution >= 0.6 is 0 Å². The van der Waals surface area contributed by atoms with E-state index >= 15 is 0 Å². The second-order valence-electron chi connectivity index (χ2n) is 7.13. The van der Waals surface area contributed by atoms with E-state index in [2.05, 4.69) is 10.1 Å². The van der Waals surface area contributed by atoms with Gasteiger partial charge >= 0.3 is 0 Å². The topological polar surface area (TPSA) is 59.2 Å². The first kappa shape index (κ1) is 19.2. The van der Waals surface area contributed by atoms with Crippen LogP contribution in [0.25, 0.3) is 11.4 Å². The van der Waals surface area contributed by atoms with Crippen LogP contribution in [0.15, 0.2) is 40.9 Å². The molecular formula is C21H18F3N3O2. The third-order valence-electron chi connectivity index (χ3n) is 5.09. The fourth-order valence-corrected chi connectivity index (χ4v) is 3.58. The fraction of sp³-hybridized carbons (Fsp3) is 0.286. The molecule has 29 heavy (non-hydrogen) atoms. The summed E-state index contributed by atoms with van der Waals surface area (Å²) in [5.74, 6) is -1.89. The largest absolute Gasteiger partial charge is 0.339 e. The second kappa shape index (κ2) is 7.69. The van der Waals surface area contributed by atoms with Crippen molar-refractivity contribution >= 4 is 5.91 Å². The third kappa shape index (κ3) is 3.87. The van der Waals surface area contributed by atoms with Gasteiger partial charge in [-0.05, 0) is 55.7 Å². The Hall–Kier alpha value is -3.16. The molecule has 4 rings (SSSR count). The molecule has 0 N–H and O–H groups in total. The summed E-state index contributed by atoms with van der Waals surface area (Å²) in [6.45, 7) is 2.63. The van der Waals surface area contributed by atoms with Gasteiger partial charge in [0.15, 0.2) is 0 Å². The number of rotatable bonds is 3. The molecular weight excluding hydrogens is 383 g/mol. The molecule has 5 nitrogen and oxygen atoms in total. The lowest BCUT2D eigenvalue weighted by Crippen LogP contribution is -2.39. The summed E-state index contributed by atoms with van der Waals surface area (Å²) in [5.41, 5.74) is 1.07. The SMILES string of the molecule is Cc1cc(F)ccc1C(=O)N1CCC[C@H](c2nc(-c3ccc(F)cc3F)no2)C1. The van der Waals surface area contributed by atoms with Gasteiger partial charge in [0.05, 0.1) is 11.5 Å². The molecule has 8 heteroatoms. The molecule has 0 bridgehead atoms. The summed E-state index contributed by atoms with van der Waals surface area (Å²) in [6.07, 6.45) is 1.47. The standard InChI is InChI=1S/C21H18F3N3O2/c1-12-9-14(22)4-6-16(12)21(28)27-8-2-3-13(11-27)20-25-19(26-29-20)17-7-5-15(23)10-18(17)24/h4-7,9-10,13H,2-3,8,11H2,1H3/t13-/m0/s1. The van der Waals surface area contributed by atoms with Crippen LogP contribution in [0.3, 0.4) is 0 Å². The smallest absolute Gasteiger partial charge is 0.254 e. The zero-order valence-electron chi connectivity index (χ0n) is 15.7. The summed E-state index contributed by atoms with van der Waals surface area (Å²) in [7, 11) is 0. The first-order valence-corrected chi connectivity index (χ1v) is 9.27. The van der Waals surface area contributed by atoms with Crippen LogP contribution in [0.1, 0.15) is 40.6 Å². The number of benzene rings is 2. The van der Waals surface area contributed by atoms with Gasteiger partial charge in [0, 0.05) is 24.7 Å². The zero-order valence-corrected chi connectivity index (χ0v) is 15.7. The van der Waals surface area contributed by atoms with Gasteiger partial charge in [-0.1, -0.05) is 5.16 Å². The van der Waals surface area contributed by atoms with E-state index < -0.39 is 11.6 Å². The molecule has 150 valence electrons.